The maximum Gasteiger partial charge on any atom is 0.0989 e. The van der Waals surface area contributed by atoms with Crippen LogP contribution in [-0.4, -0.2) is 6.10 Å². The minimum atomic E-state index is -0.105. The van der Waals surface area contributed by atoms with Gasteiger partial charge in [-0.15, -0.1) is 0 Å². The van der Waals surface area contributed by atoms with Gasteiger partial charge in [-0.3, -0.25) is 0 Å². The molecule has 0 spiro atoms. The highest BCUT2D eigenvalue weighted by Crippen LogP contribution is 2.45. The van der Waals surface area contributed by atoms with Crippen molar-refractivity contribution in [3.63, 3.8) is 0 Å². The van der Waals surface area contributed by atoms with Crippen LogP contribution in [-0.2, 0) is 4.94 Å². The third-order valence-corrected chi connectivity index (χ3v) is 3.22. The van der Waals surface area contributed by atoms with Gasteiger partial charge in [-0.05, 0) is 35.1 Å². The van der Waals surface area contributed by atoms with Crippen molar-refractivity contribution in [1.82, 2.24) is 0 Å². The minimum Gasteiger partial charge on any atom is -0.191 e. The summed E-state index contributed by atoms with van der Waals surface area (Å²) in [4.78, 5) is 3.79. The summed E-state index contributed by atoms with van der Waals surface area (Å²) < 4.78 is 11.7. The van der Waals surface area contributed by atoms with E-state index in [1.165, 1.54) is 12.8 Å². The molecule has 0 saturated heterocycles. The van der Waals surface area contributed by atoms with Gasteiger partial charge in [-0.2, -0.15) is 4.94 Å². The van der Waals surface area contributed by atoms with Crippen molar-refractivity contribution >= 4 is 0 Å². The second-order valence-electron chi connectivity index (χ2n) is 4.62. The maximum absolute atomic E-state index is 11.7. The molecule has 1 saturated carbocycles. The highest BCUT2D eigenvalue weighted by Gasteiger charge is 2.40. The quantitative estimate of drug-likeness (QED) is 0.634. The molecule has 0 aromatic carbocycles. The van der Waals surface area contributed by atoms with Crippen molar-refractivity contribution in [2.75, 3.05) is 0 Å². The van der Waals surface area contributed by atoms with Gasteiger partial charge in [-0.1, -0.05) is 27.2 Å². The molecule has 0 N–H and O–H groups in total. The summed E-state index contributed by atoms with van der Waals surface area (Å²) in [6.07, 6.45) is 4.15. The number of hydrogen-bond donors (Lipinski definition) is 0. The second kappa shape index (κ2) is 3.73. The van der Waals surface area contributed by atoms with Crippen LogP contribution in [0.5, 0.6) is 0 Å². The molecule has 1 nitrogen and oxygen atoms in total. The van der Waals surface area contributed by atoms with Crippen LogP contribution in [0.1, 0.15) is 46.5 Å². The third kappa shape index (κ3) is 1.98. The Morgan fingerprint density at radius 3 is 2.42 bits per heavy atom. The smallest absolute Gasteiger partial charge is 0.0989 e. The molecule has 0 aliphatic heterocycles. The summed E-state index contributed by atoms with van der Waals surface area (Å²) in [6.45, 7) is 6.74. The van der Waals surface area contributed by atoms with Crippen LogP contribution in [0.4, 0.5) is 4.53 Å². The van der Waals surface area contributed by atoms with Gasteiger partial charge < -0.3 is 0 Å². The van der Waals surface area contributed by atoms with E-state index >= 15 is 0 Å². The standard InChI is InChI=1S/C10H19FO/c1-4-5-10(2,3)8-6-9(7-8)12-11/h8-9H,4-7H2,1-3H3. The molecule has 0 bridgehead atoms. The molecule has 72 valence electrons. The Morgan fingerprint density at radius 1 is 1.42 bits per heavy atom. The van der Waals surface area contributed by atoms with Crippen molar-refractivity contribution < 1.29 is 9.47 Å². The van der Waals surface area contributed by atoms with Crippen LogP contribution >= 0.6 is 0 Å². The zero-order chi connectivity index (χ0) is 9.19. The highest BCUT2D eigenvalue weighted by molar-refractivity contribution is 4.89. The topological polar surface area (TPSA) is 9.23 Å². The van der Waals surface area contributed by atoms with Gasteiger partial charge in [0, 0.05) is 0 Å². The van der Waals surface area contributed by atoms with E-state index in [0.717, 1.165) is 12.8 Å². The van der Waals surface area contributed by atoms with Crippen LogP contribution in [0.2, 0.25) is 0 Å². The van der Waals surface area contributed by atoms with Crippen LogP contribution in [0.25, 0.3) is 0 Å². The second-order valence-corrected chi connectivity index (χ2v) is 4.62. The Balaban J connectivity index is 2.30. The minimum absolute atomic E-state index is 0.105. The predicted octanol–water partition coefficient (Wildman–Crippen LogP) is 3.49. The van der Waals surface area contributed by atoms with E-state index in [1.54, 1.807) is 0 Å². The lowest BCUT2D eigenvalue weighted by Crippen LogP contribution is -2.39. The van der Waals surface area contributed by atoms with Crippen LogP contribution in [0.3, 0.4) is 0 Å². The molecular formula is C10H19FO. The summed E-state index contributed by atoms with van der Waals surface area (Å²) in [7, 11) is 0. The first-order valence-corrected chi connectivity index (χ1v) is 4.87. The van der Waals surface area contributed by atoms with E-state index in [2.05, 4.69) is 25.7 Å². The van der Waals surface area contributed by atoms with Gasteiger partial charge in [-0.25, -0.2) is 0 Å². The lowest BCUT2D eigenvalue weighted by Gasteiger charge is -2.43. The van der Waals surface area contributed by atoms with Gasteiger partial charge in [0.15, 0.2) is 0 Å². The molecule has 1 aliphatic rings. The van der Waals surface area contributed by atoms with Gasteiger partial charge in [0.1, 0.15) is 0 Å². The molecule has 12 heavy (non-hydrogen) atoms. The van der Waals surface area contributed by atoms with Crippen LogP contribution in [0, 0.1) is 11.3 Å². The fraction of sp³-hybridized carbons (Fsp3) is 1.00. The Kier molecular flexibility index (Phi) is 3.10. The zero-order valence-electron chi connectivity index (χ0n) is 8.27. The number of rotatable bonds is 4. The predicted molar refractivity (Wildman–Crippen MR) is 47.4 cm³/mol. The van der Waals surface area contributed by atoms with E-state index in [-0.39, 0.29) is 6.10 Å². The molecule has 1 aliphatic carbocycles. The first kappa shape index (κ1) is 9.97. The number of halogens is 1. The molecular weight excluding hydrogens is 155 g/mol. The Hall–Kier alpha value is -0.110. The largest absolute Gasteiger partial charge is 0.191 e. The molecule has 0 unspecified atom stereocenters. The van der Waals surface area contributed by atoms with E-state index in [0.29, 0.717) is 11.3 Å². The van der Waals surface area contributed by atoms with E-state index in [4.69, 9.17) is 0 Å². The van der Waals surface area contributed by atoms with Crippen molar-refractivity contribution in [2.24, 2.45) is 11.3 Å². The van der Waals surface area contributed by atoms with Crippen molar-refractivity contribution in [3.8, 4) is 0 Å². The van der Waals surface area contributed by atoms with Gasteiger partial charge in [0.25, 0.3) is 0 Å². The Bertz CT molecular complexity index is 139. The Labute approximate surface area is 74.2 Å². The van der Waals surface area contributed by atoms with Crippen molar-refractivity contribution in [1.29, 1.82) is 0 Å². The first-order valence-electron chi connectivity index (χ1n) is 4.87. The SMILES string of the molecule is CCCC(C)(C)C1CC(OF)C1. The van der Waals surface area contributed by atoms with E-state index in [9.17, 15) is 4.53 Å². The molecule has 0 aromatic rings. The lowest BCUT2D eigenvalue weighted by molar-refractivity contribution is -0.223. The van der Waals surface area contributed by atoms with Gasteiger partial charge >= 0.3 is 0 Å². The van der Waals surface area contributed by atoms with Crippen LogP contribution < -0.4 is 0 Å². The normalized spacial score (nSPS) is 30.0. The fourth-order valence-electron chi connectivity index (χ4n) is 2.12. The fourth-order valence-corrected chi connectivity index (χ4v) is 2.12. The highest BCUT2D eigenvalue weighted by atomic mass is 19.3. The molecule has 0 aromatic heterocycles. The summed E-state index contributed by atoms with van der Waals surface area (Å²) in [6, 6.07) is 0. The summed E-state index contributed by atoms with van der Waals surface area (Å²) in [5.74, 6) is 0.665. The molecule has 0 heterocycles. The maximum atomic E-state index is 11.7. The molecule has 0 radical (unpaired) electrons. The summed E-state index contributed by atoms with van der Waals surface area (Å²) in [5.41, 5.74) is 0.379. The van der Waals surface area contributed by atoms with E-state index < -0.39 is 0 Å². The monoisotopic (exact) mass is 174 g/mol. The zero-order valence-corrected chi connectivity index (χ0v) is 8.27. The van der Waals surface area contributed by atoms with Gasteiger partial charge in [0.2, 0.25) is 0 Å². The van der Waals surface area contributed by atoms with Crippen molar-refractivity contribution in [3.05, 3.63) is 0 Å². The average molecular weight is 174 g/mol. The number of hydrogen-bond acceptors (Lipinski definition) is 1. The molecule has 1 rings (SSSR count). The first-order chi connectivity index (χ1) is 5.60. The van der Waals surface area contributed by atoms with Gasteiger partial charge in [0.05, 0.1) is 6.10 Å². The Morgan fingerprint density at radius 2 is 2.00 bits per heavy atom. The lowest BCUT2D eigenvalue weighted by atomic mass is 9.64. The summed E-state index contributed by atoms with van der Waals surface area (Å²) >= 11 is 0. The third-order valence-electron chi connectivity index (χ3n) is 3.22. The molecule has 2 heteroatoms. The average Bonchev–Trinajstić information content (AvgIpc) is 1.83. The molecule has 1 fully saturated rings. The molecule has 0 atom stereocenters. The van der Waals surface area contributed by atoms with E-state index in [1.807, 2.05) is 0 Å². The van der Waals surface area contributed by atoms with Crippen molar-refractivity contribution in [2.45, 2.75) is 52.6 Å². The summed E-state index contributed by atoms with van der Waals surface area (Å²) in [5, 5.41) is 0. The molecule has 0 amide bonds. The van der Waals surface area contributed by atoms with Crippen LogP contribution in [0.15, 0.2) is 0 Å².